The molecule has 2 atom stereocenters. The number of halogens is 1. The van der Waals surface area contributed by atoms with Gasteiger partial charge in [0.2, 0.25) is 10.0 Å². The maximum atomic E-state index is 12.5. The van der Waals surface area contributed by atoms with Crippen molar-refractivity contribution in [3.05, 3.63) is 0 Å². The van der Waals surface area contributed by atoms with Gasteiger partial charge in [0.1, 0.15) is 0 Å². The molecule has 2 rings (SSSR count). The SMILES string of the molecule is CC(C)(C)S(=O)(=O)N1C2CCC1CC(Br)C2. The molecule has 16 heavy (non-hydrogen) atoms. The van der Waals surface area contributed by atoms with E-state index >= 15 is 0 Å². The van der Waals surface area contributed by atoms with E-state index in [1.54, 1.807) is 20.8 Å². The van der Waals surface area contributed by atoms with Gasteiger partial charge >= 0.3 is 0 Å². The normalized spacial score (nSPS) is 36.6. The molecule has 0 aliphatic carbocycles. The van der Waals surface area contributed by atoms with Crippen LogP contribution in [0.4, 0.5) is 0 Å². The third-order valence-electron chi connectivity index (χ3n) is 3.66. The fourth-order valence-electron chi connectivity index (χ4n) is 2.78. The van der Waals surface area contributed by atoms with Crippen LogP contribution in [-0.4, -0.2) is 34.4 Å². The molecule has 2 saturated heterocycles. The molecular formula is C11H20BrNO2S. The molecule has 0 aromatic heterocycles. The van der Waals surface area contributed by atoms with E-state index in [0.29, 0.717) is 4.83 Å². The summed E-state index contributed by atoms with van der Waals surface area (Å²) in [4.78, 5) is 0.497. The molecule has 0 spiro atoms. The Bertz CT molecular complexity index is 360. The first kappa shape index (κ1) is 12.8. The van der Waals surface area contributed by atoms with Crippen molar-refractivity contribution >= 4 is 26.0 Å². The zero-order valence-electron chi connectivity index (χ0n) is 10.1. The maximum absolute atomic E-state index is 12.5. The molecule has 0 aromatic rings. The van der Waals surface area contributed by atoms with Gasteiger partial charge in [0.05, 0.1) is 4.75 Å². The average Bonchev–Trinajstić information content (AvgIpc) is 2.37. The molecule has 2 bridgehead atoms. The van der Waals surface area contributed by atoms with Crippen molar-refractivity contribution in [2.45, 2.75) is 68.1 Å². The molecule has 2 aliphatic heterocycles. The molecule has 2 aliphatic rings. The summed E-state index contributed by atoms with van der Waals surface area (Å²) in [5, 5.41) is 0. The Kier molecular flexibility index (Phi) is 3.17. The summed E-state index contributed by atoms with van der Waals surface area (Å²) in [6, 6.07) is 0.458. The van der Waals surface area contributed by atoms with Crippen molar-refractivity contribution in [2.75, 3.05) is 0 Å². The molecule has 5 heteroatoms. The third-order valence-corrected chi connectivity index (χ3v) is 7.11. The van der Waals surface area contributed by atoms with Crippen molar-refractivity contribution in [3.63, 3.8) is 0 Å². The molecule has 94 valence electrons. The van der Waals surface area contributed by atoms with E-state index < -0.39 is 14.8 Å². The van der Waals surface area contributed by atoms with Gasteiger partial charge in [-0.2, -0.15) is 4.31 Å². The second-order valence-electron chi connectivity index (χ2n) is 5.90. The number of rotatable bonds is 1. The summed E-state index contributed by atoms with van der Waals surface area (Å²) < 4.78 is 26.1. The lowest BCUT2D eigenvalue weighted by Gasteiger charge is -2.39. The molecule has 3 nitrogen and oxygen atoms in total. The number of alkyl halides is 1. The van der Waals surface area contributed by atoms with E-state index in [-0.39, 0.29) is 12.1 Å². The predicted octanol–water partition coefficient (Wildman–Crippen LogP) is 2.51. The largest absolute Gasteiger partial charge is 0.219 e. The van der Waals surface area contributed by atoms with Gasteiger partial charge in [0, 0.05) is 16.9 Å². The minimum atomic E-state index is -3.15. The monoisotopic (exact) mass is 309 g/mol. The highest BCUT2D eigenvalue weighted by atomic mass is 79.9. The van der Waals surface area contributed by atoms with Crippen LogP contribution in [0.1, 0.15) is 46.5 Å². The van der Waals surface area contributed by atoms with E-state index in [4.69, 9.17) is 0 Å². The third kappa shape index (κ3) is 1.95. The van der Waals surface area contributed by atoms with E-state index in [1.165, 1.54) is 0 Å². The van der Waals surface area contributed by atoms with Gasteiger partial charge in [0.25, 0.3) is 0 Å². The lowest BCUT2D eigenvalue weighted by atomic mass is 10.1. The molecule has 0 radical (unpaired) electrons. The number of sulfonamides is 1. The Morgan fingerprint density at radius 3 is 1.94 bits per heavy atom. The van der Waals surface area contributed by atoms with Gasteiger partial charge in [-0.1, -0.05) is 15.9 Å². The van der Waals surface area contributed by atoms with Crippen LogP contribution in [0.2, 0.25) is 0 Å². The standard InChI is InChI=1S/C11H20BrNO2S/c1-11(2,3)16(14,15)13-9-4-5-10(13)7-8(12)6-9/h8-10H,4-7H2,1-3H3. The Morgan fingerprint density at radius 2 is 1.56 bits per heavy atom. The molecule has 0 saturated carbocycles. The Labute approximate surface area is 107 Å². The lowest BCUT2D eigenvalue weighted by molar-refractivity contribution is 0.249. The lowest BCUT2D eigenvalue weighted by Crippen LogP contribution is -2.52. The highest BCUT2D eigenvalue weighted by Crippen LogP contribution is 2.42. The summed E-state index contributed by atoms with van der Waals surface area (Å²) in [5.41, 5.74) is 0. The molecular weight excluding hydrogens is 290 g/mol. The number of hydrogen-bond donors (Lipinski definition) is 0. The van der Waals surface area contributed by atoms with Crippen LogP contribution < -0.4 is 0 Å². The van der Waals surface area contributed by atoms with Crippen LogP contribution in [-0.2, 0) is 10.0 Å². The van der Waals surface area contributed by atoms with Crippen LogP contribution >= 0.6 is 15.9 Å². The van der Waals surface area contributed by atoms with Crippen molar-refractivity contribution in [1.29, 1.82) is 0 Å². The number of nitrogens with zero attached hydrogens (tertiary/aromatic N) is 1. The molecule has 0 N–H and O–H groups in total. The van der Waals surface area contributed by atoms with Gasteiger partial charge < -0.3 is 0 Å². The van der Waals surface area contributed by atoms with E-state index in [2.05, 4.69) is 15.9 Å². The molecule has 2 fully saturated rings. The van der Waals surface area contributed by atoms with E-state index in [9.17, 15) is 8.42 Å². The molecule has 2 heterocycles. The van der Waals surface area contributed by atoms with Crippen molar-refractivity contribution < 1.29 is 8.42 Å². The average molecular weight is 310 g/mol. The van der Waals surface area contributed by atoms with E-state index in [1.807, 2.05) is 4.31 Å². The van der Waals surface area contributed by atoms with Gasteiger partial charge in [-0.3, -0.25) is 0 Å². The minimum absolute atomic E-state index is 0.229. The first-order valence-corrected chi connectivity index (χ1v) is 8.26. The highest BCUT2D eigenvalue weighted by molar-refractivity contribution is 9.09. The van der Waals surface area contributed by atoms with Crippen LogP contribution in [0, 0.1) is 0 Å². The van der Waals surface area contributed by atoms with Crippen molar-refractivity contribution in [1.82, 2.24) is 4.31 Å². The van der Waals surface area contributed by atoms with Crippen molar-refractivity contribution in [2.24, 2.45) is 0 Å². The summed E-state index contributed by atoms with van der Waals surface area (Å²) in [6.45, 7) is 5.38. The zero-order chi connectivity index (χ0) is 12.1. The van der Waals surface area contributed by atoms with Crippen LogP contribution in [0.3, 0.4) is 0 Å². The summed E-state index contributed by atoms with van der Waals surface area (Å²) in [5.74, 6) is 0. The fraction of sp³-hybridized carbons (Fsp3) is 1.00. The first-order valence-electron chi connectivity index (χ1n) is 5.90. The second kappa shape index (κ2) is 3.95. The van der Waals surface area contributed by atoms with Gasteiger partial charge in [-0.25, -0.2) is 8.42 Å². The fourth-order valence-corrected chi connectivity index (χ4v) is 5.44. The van der Waals surface area contributed by atoms with E-state index in [0.717, 1.165) is 25.7 Å². The number of fused-ring (bicyclic) bond motifs is 2. The van der Waals surface area contributed by atoms with Crippen LogP contribution in [0.25, 0.3) is 0 Å². The van der Waals surface area contributed by atoms with Crippen LogP contribution in [0.5, 0.6) is 0 Å². The van der Waals surface area contributed by atoms with Gasteiger partial charge in [0.15, 0.2) is 0 Å². The van der Waals surface area contributed by atoms with Crippen LogP contribution in [0.15, 0.2) is 0 Å². The zero-order valence-corrected chi connectivity index (χ0v) is 12.5. The van der Waals surface area contributed by atoms with Gasteiger partial charge in [-0.05, 0) is 46.5 Å². The maximum Gasteiger partial charge on any atom is 0.219 e. The molecule has 2 unspecified atom stereocenters. The van der Waals surface area contributed by atoms with Gasteiger partial charge in [-0.15, -0.1) is 0 Å². The Morgan fingerprint density at radius 1 is 1.12 bits per heavy atom. The summed E-state index contributed by atoms with van der Waals surface area (Å²) in [7, 11) is -3.15. The van der Waals surface area contributed by atoms with Crippen molar-refractivity contribution in [3.8, 4) is 0 Å². The highest BCUT2D eigenvalue weighted by Gasteiger charge is 2.49. The smallest absolute Gasteiger partial charge is 0.212 e. The number of piperidine rings is 1. The summed E-state index contributed by atoms with van der Waals surface area (Å²) >= 11 is 3.63. The molecule has 0 aromatic carbocycles. The second-order valence-corrected chi connectivity index (χ2v) is 9.79. The first-order chi connectivity index (χ1) is 7.23. The summed E-state index contributed by atoms with van der Waals surface area (Å²) in [6.07, 6.45) is 3.99. The number of hydrogen-bond acceptors (Lipinski definition) is 2. The topological polar surface area (TPSA) is 37.4 Å². The molecule has 0 amide bonds. The Balaban J connectivity index is 2.31. The predicted molar refractivity (Wildman–Crippen MR) is 69.3 cm³/mol. The minimum Gasteiger partial charge on any atom is -0.212 e. The Hall–Kier alpha value is 0.390. The quantitative estimate of drug-likeness (QED) is 0.698.